The van der Waals surface area contributed by atoms with Crippen LogP contribution in [0.25, 0.3) is 0 Å². The molecule has 3 heterocycles. The third-order valence-corrected chi connectivity index (χ3v) is 8.72. The lowest BCUT2D eigenvalue weighted by molar-refractivity contribution is -0.147. The van der Waals surface area contributed by atoms with E-state index in [4.69, 9.17) is 4.74 Å². The summed E-state index contributed by atoms with van der Waals surface area (Å²) in [5.41, 5.74) is 0.0655. The Morgan fingerprint density at radius 1 is 1.16 bits per heavy atom. The molecule has 5 rings (SSSR count). The smallest absolute Gasteiger partial charge is 0.410 e. The van der Waals surface area contributed by atoms with Gasteiger partial charge in [-0.25, -0.2) is 9.18 Å². The van der Waals surface area contributed by atoms with Crippen molar-refractivity contribution in [2.24, 2.45) is 17.3 Å². The molecule has 0 spiro atoms. The van der Waals surface area contributed by atoms with Crippen molar-refractivity contribution in [3.8, 4) is 0 Å². The van der Waals surface area contributed by atoms with Crippen LogP contribution in [0.4, 0.5) is 9.18 Å². The summed E-state index contributed by atoms with van der Waals surface area (Å²) in [6, 6.07) is 3.91. The van der Waals surface area contributed by atoms with Crippen LogP contribution >= 0.6 is 0 Å². The predicted molar refractivity (Wildman–Crippen MR) is 135 cm³/mol. The molecule has 1 N–H and O–H groups in total. The van der Waals surface area contributed by atoms with Crippen LogP contribution in [0.3, 0.4) is 0 Å². The Labute approximate surface area is 221 Å². The van der Waals surface area contributed by atoms with Gasteiger partial charge in [-0.2, -0.15) is 0 Å². The van der Waals surface area contributed by atoms with Crippen molar-refractivity contribution in [2.45, 2.75) is 83.5 Å². The summed E-state index contributed by atoms with van der Waals surface area (Å²) in [4.78, 5) is 55.0. The molecule has 204 valence electrons. The normalized spacial score (nSPS) is 32.5. The molecule has 1 saturated carbocycles. The number of halogens is 1. The molecule has 3 aliphatic heterocycles. The van der Waals surface area contributed by atoms with Gasteiger partial charge in [-0.1, -0.05) is 44.1 Å². The van der Waals surface area contributed by atoms with Crippen LogP contribution in [0.1, 0.15) is 69.4 Å². The monoisotopic (exact) mass is 526 g/mol. The zero-order valence-electron chi connectivity index (χ0n) is 21.7. The van der Waals surface area contributed by atoms with E-state index in [2.05, 4.69) is 0 Å². The van der Waals surface area contributed by atoms with Crippen molar-refractivity contribution < 1.29 is 33.4 Å². The summed E-state index contributed by atoms with van der Waals surface area (Å²) in [6.07, 6.45) is 7.42. The average Bonchev–Trinajstić information content (AvgIpc) is 3.21. The first-order chi connectivity index (χ1) is 18.2. The Bertz CT molecular complexity index is 1170. The highest BCUT2D eigenvalue weighted by Crippen LogP contribution is 2.57. The first kappa shape index (κ1) is 26.4. The van der Waals surface area contributed by atoms with Crippen LogP contribution in [0.15, 0.2) is 30.4 Å². The van der Waals surface area contributed by atoms with Crippen molar-refractivity contribution in [1.82, 2.24) is 9.80 Å². The molecular formula is C29H35FN2O6. The standard InChI is InChI=1S/C29H35FN2O6/c1-18-8-5-3-2-4-6-10-20-13-29(20,27(35)36)14-25(33)24-12-21(16-32(24)26(18)34)38-28(37)31-15-19-9-7-11-23(30)22(19)17-31/h6-7,9-11,18,20-21,24H,2-5,8,12-17H2,1H3,(H,35,36)/b10-6-/t18-,20-,21+,24-,29+/m0/s1. The highest BCUT2D eigenvalue weighted by molar-refractivity contribution is 5.95. The number of nitrogens with zero attached hydrogens (tertiary/aromatic N) is 2. The molecule has 8 nitrogen and oxygen atoms in total. The summed E-state index contributed by atoms with van der Waals surface area (Å²) < 4.78 is 19.9. The van der Waals surface area contributed by atoms with E-state index in [0.717, 1.165) is 31.2 Å². The Kier molecular flexibility index (Phi) is 7.29. The van der Waals surface area contributed by atoms with Gasteiger partial charge in [0.1, 0.15) is 11.9 Å². The number of carbonyl (C=O) groups is 4. The maximum atomic E-state index is 14.1. The van der Waals surface area contributed by atoms with Gasteiger partial charge in [0.25, 0.3) is 0 Å². The number of rotatable bonds is 2. The van der Waals surface area contributed by atoms with Gasteiger partial charge < -0.3 is 14.7 Å². The fourth-order valence-corrected chi connectivity index (χ4v) is 6.25. The number of Topliss-reactive ketones (excluding diaryl/α,β-unsaturated/α-hetero) is 1. The zero-order valence-corrected chi connectivity index (χ0v) is 21.7. The number of hydrogen-bond donors (Lipinski definition) is 1. The third-order valence-electron chi connectivity index (χ3n) is 8.72. The molecule has 5 atom stereocenters. The van der Waals surface area contributed by atoms with E-state index in [9.17, 15) is 28.7 Å². The second-order valence-electron chi connectivity index (χ2n) is 11.4. The van der Waals surface area contributed by atoms with Gasteiger partial charge in [0.05, 0.1) is 24.5 Å². The number of amides is 2. The van der Waals surface area contributed by atoms with Gasteiger partial charge in [-0.15, -0.1) is 0 Å². The van der Waals surface area contributed by atoms with Gasteiger partial charge in [0, 0.05) is 30.9 Å². The van der Waals surface area contributed by atoms with E-state index in [-0.39, 0.29) is 61.8 Å². The van der Waals surface area contributed by atoms with Gasteiger partial charge >= 0.3 is 12.1 Å². The van der Waals surface area contributed by atoms with E-state index in [1.165, 1.54) is 15.9 Å². The van der Waals surface area contributed by atoms with Crippen LogP contribution < -0.4 is 0 Å². The predicted octanol–water partition coefficient (Wildman–Crippen LogP) is 4.45. The summed E-state index contributed by atoms with van der Waals surface area (Å²) in [5.74, 6) is -2.30. The molecule has 9 heteroatoms. The molecule has 2 amide bonds. The molecule has 1 aromatic carbocycles. The SMILES string of the molecule is C[C@H]1CCCCC/C=C\[C@H]2C[C@@]2(C(=O)O)CC(=O)[C@@H]2C[C@@H](OC(=O)N3Cc4cccc(F)c4C3)CN2C1=O. The lowest BCUT2D eigenvalue weighted by Gasteiger charge is -2.27. The molecule has 1 saturated heterocycles. The molecular weight excluding hydrogens is 491 g/mol. The number of aliphatic carboxylic acids is 1. The molecule has 0 aromatic heterocycles. The molecule has 1 aromatic rings. The largest absolute Gasteiger partial charge is 0.481 e. The summed E-state index contributed by atoms with van der Waals surface area (Å²) >= 11 is 0. The number of ketones is 1. The fraction of sp³-hybridized carbons (Fsp3) is 0.586. The van der Waals surface area contributed by atoms with Crippen molar-refractivity contribution in [3.05, 3.63) is 47.3 Å². The van der Waals surface area contributed by atoms with Crippen molar-refractivity contribution in [2.75, 3.05) is 6.54 Å². The summed E-state index contributed by atoms with van der Waals surface area (Å²) in [7, 11) is 0. The molecule has 0 radical (unpaired) electrons. The first-order valence-corrected chi connectivity index (χ1v) is 13.6. The van der Waals surface area contributed by atoms with Gasteiger partial charge in [0.15, 0.2) is 5.78 Å². The Balaban J connectivity index is 1.32. The second kappa shape index (κ2) is 10.5. The minimum Gasteiger partial charge on any atom is -0.481 e. The molecule has 0 bridgehead atoms. The van der Waals surface area contributed by atoms with Crippen molar-refractivity contribution in [3.63, 3.8) is 0 Å². The molecule has 1 aliphatic carbocycles. The fourth-order valence-electron chi connectivity index (χ4n) is 6.25. The number of carboxylic acids is 1. The van der Waals surface area contributed by atoms with Crippen LogP contribution in [-0.2, 0) is 32.2 Å². The van der Waals surface area contributed by atoms with Crippen LogP contribution in [0.5, 0.6) is 0 Å². The molecule has 2 fully saturated rings. The minimum atomic E-state index is -1.13. The number of allylic oxidation sites excluding steroid dienone is 2. The van der Waals surface area contributed by atoms with E-state index in [1.54, 1.807) is 12.1 Å². The van der Waals surface area contributed by atoms with E-state index < -0.39 is 29.6 Å². The number of carbonyl (C=O) groups excluding carboxylic acids is 3. The number of carboxylic acid groups (broad SMARTS) is 1. The highest BCUT2D eigenvalue weighted by Gasteiger charge is 2.61. The van der Waals surface area contributed by atoms with E-state index >= 15 is 0 Å². The van der Waals surface area contributed by atoms with E-state index in [1.807, 2.05) is 19.1 Å². The zero-order chi connectivity index (χ0) is 27.0. The van der Waals surface area contributed by atoms with Crippen LogP contribution in [-0.4, -0.2) is 57.3 Å². The van der Waals surface area contributed by atoms with Gasteiger partial charge in [-0.3, -0.25) is 19.3 Å². The van der Waals surface area contributed by atoms with Crippen molar-refractivity contribution >= 4 is 23.8 Å². The first-order valence-electron chi connectivity index (χ1n) is 13.6. The molecule has 0 unspecified atom stereocenters. The Morgan fingerprint density at radius 3 is 2.74 bits per heavy atom. The highest BCUT2D eigenvalue weighted by atomic mass is 19.1. The summed E-state index contributed by atoms with van der Waals surface area (Å²) in [5, 5.41) is 9.96. The topological polar surface area (TPSA) is 104 Å². The lowest BCUT2D eigenvalue weighted by atomic mass is 9.91. The van der Waals surface area contributed by atoms with Crippen LogP contribution in [0, 0.1) is 23.1 Å². The Hall–Kier alpha value is -3.23. The minimum absolute atomic E-state index is 0.0872. The molecule has 38 heavy (non-hydrogen) atoms. The number of ether oxygens (including phenoxy) is 1. The van der Waals surface area contributed by atoms with Gasteiger partial charge in [-0.05, 0) is 43.2 Å². The second-order valence-corrected chi connectivity index (χ2v) is 11.4. The maximum absolute atomic E-state index is 14.1. The number of fused-ring (bicyclic) bond motifs is 3. The van der Waals surface area contributed by atoms with Gasteiger partial charge in [0.2, 0.25) is 5.91 Å². The maximum Gasteiger partial charge on any atom is 0.410 e. The lowest BCUT2D eigenvalue weighted by Crippen LogP contribution is -2.44. The van der Waals surface area contributed by atoms with Crippen LogP contribution in [0.2, 0.25) is 0 Å². The quantitative estimate of drug-likeness (QED) is 0.571. The average molecular weight is 527 g/mol. The third kappa shape index (κ3) is 5.07. The molecule has 4 aliphatic rings. The Morgan fingerprint density at radius 2 is 1.97 bits per heavy atom. The number of benzene rings is 1. The summed E-state index contributed by atoms with van der Waals surface area (Å²) in [6.45, 7) is 2.28. The number of hydrogen-bond acceptors (Lipinski definition) is 5. The van der Waals surface area contributed by atoms with Crippen molar-refractivity contribution in [1.29, 1.82) is 0 Å². The van der Waals surface area contributed by atoms with E-state index in [0.29, 0.717) is 18.4 Å².